The topological polar surface area (TPSA) is 90.5 Å². The molecule has 1 saturated heterocycles. The molecule has 30 heavy (non-hydrogen) atoms. The van der Waals surface area contributed by atoms with Crippen molar-refractivity contribution in [1.29, 1.82) is 0 Å². The van der Waals surface area contributed by atoms with E-state index >= 15 is 0 Å². The third-order valence-corrected chi connectivity index (χ3v) is 5.66. The molecule has 0 aliphatic carbocycles. The first-order chi connectivity index (χ1) is 14.6. The summed E-state index contributed by atoms with van der Waals surface area (Å²) < 4.78 is 0. The number of hydrogen-bond donors (Lipinski definition) is 3. The maximum atomic E-state index is 13.0. The van der Waals surface area contributed by atoms with Crippen molar-refractivity contribution >= 4 is 23.4 Å². The van der Waals surface area contributed by atoms with Gasteiger partial charge < -0.3 is 15.5 Å². The van der Waals surface area contributed by atoms with Crippen LogP contribution in [-0.2, 0) is 29.2 Å². The first-order valence-corrected chi connectivity index (χ1v) is 10.4. The zero-order valence-corrected chi connectivity index (χ0v) is 17.0. The minimum atomic E-state index is -0.581. The molecule has 156 valence electrons. The van der Waals surface area contributed by atoms with Crippen LogP contribution in [0.25, 0.3) is 0 Å². The Morgan fingerprint density at radius 1 is 1.10 bits per heavy atom. The predicted octanol–water partition coefficient (Wildman–Crippen LogP) is 2.17. The second-order valence-electron chi connectivity index (χ2n) is 7.68. The molecule has 2 aromatic rings. The summed E-state index contributed by atoms with van der Waals surface area (Å²) in [6, 6.07) is 13.5. The van der Waals surface area contributed by atoms with Gasteiger partial charge in [0.25, 0.3) is 5.91 Å². The van der Waals surface area contributed by atoms with E-state index in [1.807, 2.05) is 30.3 Å². The molecule has 0 bridgehead atoms. The summed E-state index contributed by atoms with van der Waals surface area (Å²) in [5.74, 6) is -0.802. The summed E-state index contributed by atoms with van der Waals surface area (Å²) in [5.41, 5.74) is 4.82. The molecule has 7 heteroatoms. The molecule has 0 saturated carbocycles. The average molecular weight is 406 g/mol. The fourth-order valence-corrected chi connectivity index (χ4v) is 4.02. The van der Waals surface area contributed by atoms with Crippen LogP contribution in [0.4, 0.5) is 5.69 Å². The molecule has 2 aliphatic heterocycles. The van der Waals surface area contributed by atoms with Gasteiger partial charge in [0.15, 0.2) is 0 Å². The van der Waals surface area contributed by atoms with E-state index in [1.54, 1.807) is 4.90 Å². The van der Waals surface area contributed by atoms with Crippen molar-refractivity contribution in [3.05, 3.63) is 64.7 Å². The van der Waals surface area contributed by atoms with Gasteiger partial charge in [-0.1, -0.05) is 37.3 Å². The number of carbonyl (C=O) groups excluding carboxylic acids is 3. The molecule has 0 radical (unpaired) electrons. The Morgan fingerprint density at radius 3 is 2.73 bits per heavy atom. The van der Waals surface area contributed by atoms with Crippen molar-refractivity contribution in [2.45, 2.75) is 45.4 Å². The van der Waals surface area contributed by atoms with Gasteiger partial charge in [0.05, 0.1) is 0 Å². The van der Waals surface area contributed by atoms with Crippen molar-refractivity contribution in [3.63, 3.8) is 0 Å². The van der Waals surface area contributed by atoms with Crippen LogP contribution < -0.4 is 16.0 Å². The molecule has 2 aromatic carbocycles. The number of anilines is 1. The van der Waals surface area contributed by atoms with E-state index in [4.69, 9.17) is 0 Å². The second-order valence-corrected chi connectivity index (χ2v) is 7.68. The van der Waals surface area contributed by atoms with E-state index < -0.39 is 6.04 Å². The summed E-state index contributed by atoms with van der Waals surface area (Å²) in [7, 11) is 0. The molecular weight excluding hydrogens is 380 g/mol. The number of fused-ring (bicyclic) bond motifs is 1. The number of carbonyl (C=O) groups is 3. The van der Waals surface area contributed by atoms with Crippen LogP contribution in [0.1, 0.15) is 46.8 Å². The van der Waals surface area contributed by atoms with Crippen molar-refractivity contribution < 1.29 is 14.4 Å². The molecule has 2 heterocycles. The number of nitrogens with one attached hydrogen (secondary N) is 3. The second kappa shape index (κ2) is 8.67. The van der Waals surface area contributed by atoms with Gasteiger partial charge in [0.2, 0.25) is 11.8 Å². The van der Waals surface area contributed by atoms with Gasteiger partial charge >= 0.3 is 0 Å². The Morgan fingerprint density at radius 2 is 1.93 bits per heavy atom. The number of piperidine rings is 1. The zero-order valence-electron chi connectivity index (χ0n) is 17.0. The van der Waals surface area contributed by atoms with Crippen LogP contribution in [0, 0.1) is 0 Å². The normalized spacial score (nSPS) is 18.4. The highest BCUT2D eigenvalue weighted by Gasteiger charge is 2.39. The summed E-state index contributed by atoms with van der Waals surface area (Å²) in [6.07, 6.45) is 0.638. The first-order valence-electron chi connectivity index (χ1n) is 10.4. The highest BCUT2D eigenvalue weighted by atomic mass is 16.2. The summed E-state index contributed by atoms with van der Waals surface area (Å²) >= 11 is 0. The van der Waals surface area contributed by atoms with Gasteiger partial charge in [-0.2, -0.15) is 0 Å². The number of nitrogens with zero attached hydrogens (tertiary/aromatic N) is 1. The van der Waals surface area contributed by atoms with Crippen LogP contribution in [0.5, 0.6) is 0 Å². The fourth-order valence-electron chi connectivity index (χ4n) is 4.02. The highest BCUT2D eigenvalue weighted by Crippen LogP contribution is 2.28. The Kier molecular flexibility index (Phi) is 5.81. The molecular formula is C23H26N4O3. The molecule has 2 aliphatic rings. The smallest absolute Gasteiger partial charge is 0.255 e. The number of hydrogen-bond acceptors (Lipinski definition) is 5. The van der Waals surface area contributed by atoms with Crippen LogP contribution in [0.2, 0.25) is 0 Å². The van der Waals surface area contributed by atoms with E-state index in [-0.39, 0.29) is 24.1 Å². The van der Waals surface area contributed by atoms with E-state index in [2.05, 4.69) is 35.0 Å². The molecule has 4 rings (SSSR count). The molecule has 1 fully saturated rings. The van der Waals surface area contributed by atoms with Gasteiger partial charge in [-0.15, -0.1) is 0 Å². The van der Waals surface area contributed by atoms with E-state index in [0.717, 1.165) is 29.9 Å². The molecule has 1 atom stereocenters. The molecule has 3 amide bonds. The van der Waals surface area contributed by atoms with Crippen molar-refractivity contribution in [1.82, 2.24) is 15.5 Å². The fraction of sp³-hybridized carbons (Fsp3) is 0.348. The largest absolute Gasteiger partial charge is 0.381 e. The average Bonchev–Trinajstić information content (AvgIpc) is 3.07. The minimum Gasteiger partial charge on any atom is -0.381 e. The Bertz CT molecular complexity index is 988. The number of imide groups is 1. The lowest BCUT2D eigenvalue weighted by Crippen LogP contribution is -2.52. The quantitative estimate of drug-likeness (QED) is 0.613. The maximum Gasteiger partial charge on any atom is 0.255 e. The van der Waals surface area contributed by atoms with E-state index in [1.165, 1.54) is 5.56 Å². The Hall–Kier alpha value is -3.19. The third-order valence-electron chi connectivity index (χ3n) is 5.66. The van der Waals surface area contributed by atoms with Gasteiger partial charge in [-0.3, -0.25) is 19.7 Å². The molecule has 7 nitrogen and oxygen atoms in total. The lowest BCUT2D eigenvalue weighted by atomic mass is 10.0. The standard InChI is InChI=1S/C23H26N4O3/c1-2-24-13-16-5-3-4-6-19(16)25-12-15-7-8-17-14-27(23(30)18(17)11-15)20-9-10-21(28)26-22(20)29/h3-8,11,20,24-25H,2,9-10,12-14H2,1H3,(H,26,28,29). The first kappa shape index (κ1) is 20.1. The predicted molar refractivity (Wildman–Crippen MR) is 114 cm³/mol. The lowest BCUT2D eigenvalue weighted by molar-refractivity contribution is -0.136. The molecule has 3 N–H and O–H groups in total. The van der Waals surface area contributed by atoms with E-state index in [0.29, 0.717) is 25.1 Å². The minimum absolute atomic E-state index is 0.145. The maximum absolute atomic E-state index is 13.0. The van der Waals surface area contributed by atoms with E-state index in [9.17, 15) is 14.4 Å². The third kappa shape index (κ3) is 4.07. The summed E-state index contributed by atoms with van der Waals surface area (Å²) in [4.78, 5) is 38.1. The summed E-state index contributed by atoms with van der Waals surface area (Å²) in [6.45, 7) is 4.78. The number of rotatable bonds is 7. The van der Waals surface area contributed by atoms with Crippen molar-refractivity contribution in [3.8, 4) is 0 Å². The molecule has 1 unspecified atom stereocenters. The Labute approximate surface area is 175 Å². The van der Waals surface area contributed by atoms with Gasteiger partial charge in [-0.05, 0) is 41.8 Å². The molecule has 0 aromatic heterocycles. The van der Waals surface area contributed by atoms with Gasteiger partial charge in [0, 0.05) is 37.3 Å². The molecule has 0 spiro atoms. The van der Waals surface area contributed by atoms with Crippen LogP contribution in [0.3, 0.4) is 0 Å². The number of benzene rings is 2. The number of para-hydroxylation sites is 1. The van der Waals surface area contributed by atoms with Crippen molar-refractivity contribution in [2.24, 2.45) is 0 Å². The SMILES string of the molecule is CCNCc1ccccc1NCc1ccc2c(c1)C(=O)N(C1CCC(=O)NC1=O)C2. The lowest BCUT2D eigenvalue weighted by Gasteiger charge is -2.29. The van der Waals surface area contributed by atoms with Crippen LogP contribution in [0.15, 0.2) is 42.5 Å². The van der Waals surface area contributed by atoms with Crippen molar-refractivity contribution in [2.75, 3.05) is 11.9 Å². The number of amides is 3. The van der Waals surface area contributed by atoms with Crippen LogP contribution >= 0.6 is 0 Å². The zero-order chi connectivity index (χ0) is 21.1. The van der Waals surface area contributed by atoms with Gasteiger partial charge in [0.1, 0.15) is 6.04 Å². The van der Waals surface area contributed by atoms with Gasteiger partial charge in [-0.25, -0.2) is 0 Å². The monoisotopic (exact) mass is 406 g/mol. The highest BCUT2D eigenvalue weighted by molar-refractivity contribution is 6.05. The Balaban J connectivity index is 1.45. The summed E-state index contributed by atoms with van der Waals surface area (Å²) in [5, 5.41) is 9.14. The van der Waals surface area contributed by atoms with Crippen LogP contribution in [-0.4, -0.2) is 35.2 Å².